The molecule has 4 aromatic rings. The van der Waals surface area contributed by atoms with Crippen LogP contribution >= 0.6 is 0 Å². The Morgan fingerprint density at radius 2 is 1.00 bits per heavy atom. The van der Waals surface area contributed by atoms with Crippen LogP contribution in [0.15, 0.2) is 24.3 Å². The molecule has 48 heavy (non-hydrogen) atoms. The molecule has 10 nitrogen and oxygen atoms in total. The van der Waals surface area contributed by atoms with Crippen LogP contribution in [0.2, 0.25) is 0 Å². The quantitative estimate of drug-likeness (QED) is 0.102. The maximum absolute atomic E-state index is 14.5. The van der Waals surface area contributed by atoms with E-state index in [1.807, 2.05) is 4.90 Å². The summed E-state index contributed by atoms with van der Waals surface area (Å²) in [5, 5.41) is 66.7. The summed E-state index contributed by atoms with van der Waals surface area (Å²) < 4.78 is 0. The number of fused-ring (bicyclic) bond motifs is 2. The zero-order chi connectivity index (χ0) is 34.4. The predicted molar refractivity (Wildman–Crippen MR) is 184 cm³/mol. The summed E-state index contributed by atoms with van der Waals surface area (Å²) in [7, 11) is 0. The van der Waals surface area contributed by atoms with Gasteiger partial charge in [-0.2, -0.15) is 0 Å². The molecule has 2 saturated carbocycles. The van der Waals surface area contributed by atoms with Crippen LogP contribution < -0.4 is 5.73 Å². The number of nitrogens with zero attached hydrogens (tertiary/aromatic N) is 1. The van der Waals surface area contributed by atoms with Crippen molar-refractivity contribution < 1.29 is 40.2 Å². The van der Waals surface area contributed by atoms with Crippen LogP contribution in [0, 0.1) is 25.7 Å². The Morgan fingerprint density at radius 1 is 0.604 bits per heavy atom. The second-order valence-electron chi connectivity index (χ2n) is 13.8. The van der Waals surface area contributed by atoms with Gasteiger partial charge in [0.15, 0.2) is 23.0 Å². The Labute approximate surface area is 279 Å². The van der Waals surface area contributed by atoms with Gasteiger partial charge >= 0.3 is 0 Å². The number of carbonyl (C=O) groups excluding carboxylic acids is 2. The molecule has 254 valence electrons. The van der Waals surface area contributed by atoms with Crippen molar-refractivity contribution in [3.8, 4) is 45.6 Å². The number of nitrogens with two attached hydrogens (primary N) is 1. The molecule has 0 bridgehead atoms. The molecular formula is C38H44N2O8. The minimum absolute atomic E-state index is 0.0177. The third kappa shape index (κ3) is 5.77. The monoisotopic (exact) mass is 656 g/mol. The maximum Gasteiger partial charge on any atom is 0.258 e. The van der Waals surface area contributed by atoms with Gasteiger partial charge in [0.2, 0.25) is 0 Å². The van der Waals surface area contributed by atoms with Crippen molar-refractivity contribution >= 4 is 33.4 Å². The first kappa shape index (κ1) is 33.1. The highest BCUT2D eigenvalue weighted by molar-refractivity contribution is 6.15. The average molecular weight is 657 g/mol. The molecule has 2 fully saturated rings. The van der Waals surface area contributed by atoms with Crippen molar-refractivity contribution in [2.45, 2.75) is 78.1 Å². The van der Waals surface area contributed by atoms with Crippen molar-refractivity contribution in [2.75, 3.05) is 13.1 Å². The number of rotatable bonds is 7. The zero-order valence-electron chi connectivity index (χ0n) is 27.5. The van der Waals surface area contributed by atoms with Crippen LogP contribution in [0.3, 0.4) is 0 Å². The molecule has 0 heterocycles. The lowest BCUT2D eigenvalue weighted by Crippen LogP contribution is -2.40. The number of amides is 2. The van der Waals surface area contributed by atoms with E-state index >= 15 is 0 Å². The number of carbonyl (C=O) groups is 2. The normalized spacial score (nSPS) is 16.0. The van der Waals surface area contributed by atoms with Crippen molar-refractivity contribution in [1.29, 1.82) is 0 Å². The van der Waals surface area contributed by atoms with Gasteiger partial charge in [-0.1, -0.05) is 38.5 Å². The van der Waals surface area contributed by atoms with E-state index in [2.05, 4.69) is 0 Å². The second-order valence-corrected chi connectivity index (χ2v) is 13.8. The number of benzene rings is 4. The number of hydrogen-bond acceptors (Lipinski definition) is 8. The smallest absolute Gasteiger partial charge is 0.258 e. The third-order valence-electron chi connectivity index (χ3n) is 10.5. The van der Waals surface area contributed by atoms with E-state index in [1.54, 1.807) is 19.9 Å². The summed E-state index contributed by atoms with van der Waals surface area (Å²) in [6.45, 7) is 4.47. The summed E-state index contributed by atoms with van der Waals surface area (Å²) in [5.41, 5.74) is 6.30. The molecule has 6 rings (SSSR count). The van der Waals surface area contributed by atoms with Crippen LogP contribution in [0.1, 0.15) is 96.1 Å². The van der Waals surface area contributed by atoms with Crippen molar-refractivity contribution in [3.63, 3.8) is 0 Å². The molecule has 0 aromatic heterocycles. The van der Waals surface area contributed by atoms with Crippen LogP contribution in [0.5, 0.6) is 34.5 Å². The molecule has 8 N–H and O–H groups in total. The first-order valence-corrected chi connectivity index (χ1v) is 16.9. The summed E-state index contributed by atoms with van der Waals surface area (Å²) in [5.74, 6) is -3.87. The van der Waals surface area contributed by atoms with Crippen LogP contribution in [-0.2, 0) is 0 Å². The Morgan fingerprint density at radius 3 is 1.42 bits per heavy atom. The minimum atomic E-state index is -1.00. The van der Waals surface area contributed by atoms with Gasteiger partial charge in [0.1, 0.15) is 11.5 Å². The fourth-order valence-electron chi connectivity index (χ4n) is 8.12. The van der Waals surface area contributed by atoms with E-state index in [1.165, 1.54) is 25.0 Å². The molecule has 4 aromatic carbocycles. The average Bonchev–Trinajstić information content (AvgIpc) is 3.05. The number of phenolic OH excluding ortho intramolecular Hbond substituents is 5. The largest absolute Gasteiger partial charge is 0.507 e. The van der Waals surface area contributed by atoms with E-state index in [4.69, 9.17) is 5.73 Å². The van der Waals surface area contributed by atoms with E-state index < -0.39 is 34.8 Å². The molecule has 0 spiro atoms. The highest BCUT2D eigenvalue weighted by Gasteiger charge is 2.31. The topological polar surface area (TPSA) is 185 Å². The van der Waals surface area contributed by atoms with Gasteiger partial charge in [0.05, 0.1) is 11.1 Å². The summed E-state index contributed by atoms with van der Waals surface area (Å²) in [6.07, 6.45) is 11.0. The number of primary amides is 1. The summed E-state index contributed by atoms with van der Waals surface area (Å²) in [4.78, 5) is 28.5. The minimum Gasteiger partial charge on any atom is -0.507 e. The Balaban J connectivity index is 1.51. The molecule has 10 heteroatoms. The highest BCUT2D eigenvalue weighted by atomic mass is 16.3. The van der Waals surface area contributed by atoms with Gasteiger partial charge in [0.25, 0.3) is 11.8 Å². The molecule has 2 aliphatic carbocycles. The lowest BCUT2D eigenvalue weighted by molar-refractivity contribution is 0.0663. The van der Waals surface area contributed by atoms with E-state index in [-0.39, 0.29) is 55.3 Å². The molecular weight excluding hydrogens is 612 g/mol. The Bertz CT molecular complexity index is 1920. The molecule has 0 aliphatic heterocycles. The van der Waals surface area contributed by atoms with E-state index in [9.17, 15) is 40.2 Å². The lowest BCUT2D eigenvalue weighted by atomic mass is 9.86. The standard InChI is InChI=1S/C38H44N2O8/c1-19-13-23-25(15-27(41)35(45)31(23)37(39)47)33(43)29(19)30-20(2)14-24-26(34(30)44)16-28(42)36(46)32(24)38(48)40(17-21-9-5-3-6-10-21)18-22-11-7-4-8-12-22/h13-16,21-22,41-46H,3-12,17-18H2,1-2H3,(H2,39,47). The maximum atomic E-state index is 14.5. The number of aryl methyl sites for hydroxylation is 2. The fraction of sp³-hybridized carbons (Fsp3) is 0.421. The van der Waals surface area contributed by atoms with Gasteiger partial charge in [-0.25, -0.2) is 0 Å². The second kappa shape index (κ2) is 13.0. The number of aromatic hydroxyl groups is 6. The first-order valence-electron chi connectivity index (χ1n) is 16.9. The summed E-state index contributed by atoms with van der Waals surface area (Å²) in [6, 6.07) is 5.48. The van der Waals surface area contributed by atoms with Gasteiger partial charge in [-0.15, -0.1) is 0 Å². The van der Waals surface area contributed by atoms with Crippen LogP contribution in [0.25, 0.3) is 32.7 Å². The van der Waals surface area contributed by atoms with Crippen molar-refractivity contribution in [2.24, 2.45) is 17.6 Å². The predicted octanol–water partition coefficient (Wildman–Crippen LogP) is 7.21. The Hall–Kier alpha value is -4.86. The molecule has 0 radical (unpaired) electrons. The summed E-state index contributed by atoms with van der Waals surface area (Å²) >= 11 is 0. The van der Waals surface area contributed by atoms with Crippen LogP contribution in [0.4, 0.5) is 0 Å². The van der Waals surface area contributed by atoms with Crippen molar-refractivity contribution in [3.05, 3.63) is 46.5 Å². The molecule has 0 saturated heterocycles. The third-order valence-corrected chi connectivity index (χ3v) is 10.5. The SMILES string of the molecule is Cc1cc2c(C(N)=O)c(O)c(O)cc2c(O)c1-c1c(C)cc2c(C(=O)N(CC3CCCCC3)CC3CCCCC3)c(O)c(O)cc2c1O. The van der Waals surface area contributed by atoms with Gasteiger partial charge in [-0.05, 0) is 86.8 Å². The van der Waals surface area contributed by atoms with Crippen molar-refractivity contribution in [1.82, 2.24) is 4.90 Å². The van der Waals surface area contributed by atoms with Gasteiger partial charge in [0, 0.05) is 45.8 Å². The Kier molecular flexibility index (Phi) is 8.94. The molecule has 2 aliphatic rings. The number of hydrogen-bond donors (Lipinski definition) is 7. The molecule has 2 amide bonds. The van der Waals surface area contributed by atoms with Crippen LogP contribution in [-0.4, -0.2) is 60.4 Å². The molecule has 0 unspecified atom stereocenters. The van der Waals surface area contributed by atoms with Gasteiger partial charge < -0.3 is 41.3 Å². The van der Waals surface area contributed by atoms with E-state index in [0.717, 1.165) is 57.4 Å². The van der Waals surface area contributed by atoms with Gasteiger partial charge in [-0.3, -0.25) is 9.59 Å². The number of phenols is 6. The highest BCUT2D eigenvalue weighted by Crippen LogP contribution is 2.51. The van der Waals surface area contributed by atoms with E-state index in [0.29, 0.717) is 36.1 Å². The first-order chi connectivity index (χ1) is 22.9. The zero-order valence-corrected chi connectivity index (χ0v) is 27.5. The molecule has 0 atom stereocenters. The lowest BCUT2D eigenvalue weighted by Gasteiger charge is -2.34. The fourth-order valence-corrected chi connectivity index (χ4v) is 8.12.